The van der Waals surface area contributed by atoms with E-state index in [2.05, 4.69) is 15.3 Å². The number of aromatic carboxylic acids is 1. The highest BCUT2D eigenvalue weighted by molar-refractivity contribution is 7.16. The molecule has 5 nitrogen and oxygen atoms in total. The van der Waals surface area contributed by atoms with Crippen LogP contribution in [0, 0.1) is 0 Å². The molecule has 0 spiro atoms. The minimum Gasteiger partial charge on any atom is -0.478 e. The third-order valence-electron chi connectivity index (χ3n) is 5.17. The van der Waals surface area contributed by atoms with Crippen molar-refractivity contribution in [3.8, 4) is 22.4 Å². The third kappa shape index (κ3) is 5.31. The summed E-state index contributed by atoms with van der Waals surface area (Å²) >= 11 is 7.00. The average Bonchev–Trinajstić information content (AvgIpc) is 3.23. The molecule has 2 N–H and O–H groups in total. The zero-order valence-corrected chi connectivity index (χ0v) is 20.1. The molecule has 10 heteroatoms. The van der Waals surface area contributed by atoms with Gasteiger partial charge in [0.05, 0.1) is 16.3 Å². The topological polar surface area (TPSA) is 75.1 Å². The van der Waals surface area contributed by atoms with E-state index in [9.17, 15) is 23.1 Å². The molecule has 0 aliphatic rings. The molecule has 0 aliphatic carbocycles. The highest BCUT2D eigenvalue weighted by Gasteiger charge is 2.34. The fourth-order valence-electron chi connectivity index (χ4n) is 3.49. The smallest absolute Gasteiger partial charge is 0.417 e. The Labute approximate surface area is 208 Å². The van der Waals surface area contributed by atoms with Crippen LogP contribution in [-0.2, 0) is 6.18 Å². The van der Waals surface area contributed by atoms with E-state index in [0.29, 0.717) is 16.4 Å². The lowest BCUT2D eigenvalue weighted by Crippen LogP contribution is -2.06. The monoisotopic (exact) mass is 517 g/mol. The van der Waals surface area contributed by atoms with Crippen LogP contribution in [0.5, 0.6) is 0 Å². The molecule has 0 fully saturated rings. The van der Waals surface area contributed by atoms with E-state index in [0.717, 1.165) is 16.5 Å². The predicted molar refractivity (Wildman–Crippen MR) is 132 cm³/mol. The van der Waals surface area contributed by atoms with Gasteiger partial charge in [0.2, 0.25) is 0 Å². The Morgan fingerprint density at radius 3 is 2.40 bits per heavy atom. The second-order valence-corrected chi connectivity index (χ2v) is 9.43. The molecular formula is C25H19ClF3N3O2S. The molecular weight excluding hydrogens is 499 g/mol. The molecule has 2 heterocycles. The summed E-state index contributed by atoms with van der Waals surface area (Å²) < 4.78 is 40.2. The number of carbonyl (C=O) groups is 1. The van der Waals surface area contributed by atoms with Gasteiger partial charge in [-0.1, -0.05) is 61.8 Å². The van der Waals surface area contributed by atoms with Gasteiger partial charge in [-0.05, 0) is 29.7 Å². The molecule has 4 rings (SSSR count). The summed E-state index contributed by atoms with van der Waals surface area (Å²) in [6.07, 6.45) is -3.06. The van der Waals surface area contributed by atoms with Crippen LogP contribution in [0.4, 0.5) is 24.1 Å². The first-order valence-corrected chi connectivity index (χ1v) is 11.7. The first kappa shape index (κ1) is 24.7. The molecule has 0 bridgehead atoms. The zero-order valence-electron chi connectivity index (χ0n) is 18.5. The summed E-state index contributed by atoms with van der Waals surface area (Å²) in [5, 5.41) is 12.6. The van der Waals surface area contributed by atoms with Gasteiger partial charge in [0, 0.05) is 22.2 Å². The summed E-state index contributed by atoms with van der Waals surface area (Å²) in [5.41, 5.74) is 1.08. The molecule has 0 saturated heterocycles. The van der Waals surface area contributed by atoms with E-state index < -0.39 is 22.7 Å². The number of nitrogens with one attached hydrogen (secondary N) is 1. The van der Waals surface area contributed by atoms with Crippen molar-refractivity contribution in [3.05, 3.63) is 81.8 Å². The van der Waals surface area contributed by atoms with Crippen molar-refractivity contribution < 1.29 is 23.1 Å². The largest absolute Gasteiger partial charge is 0.478 e. The number of anilines is 2. The Kier molecular flexibility index (Phi) is 6.82. The van der Waals surface area contributed by atoms with Crippen LogP contribution in [-0.4, -0.2) is 21.0 Å². The molecule has 0 radical (unpaired) electrons. The minimum atomic E-state index is -4.61. The lowest BCUT2D eigenvalue weighted by Gasteiger charge is -2.11. The molecule has 0 unspecified atom stereocenters. The van der Waals surface area contributed by atoms with Crippen LogP contribution in [0.3, 0.4) is 0 Å². The number of carboxylic acid groups (broad SMARTS) is 1. The number of hydrogen-bond acceptors (Lipinski definition) is 5. The minimum absolute atomic E-state index is 0.0459. The Morgan fingerprint density at radius 1 is 1.06 bits per heavy atom. The molecule has 0 saturated carbocycles. The van der Waals surface area contributed by atoms with Gasteiger partial charge in [-0.15, -0.1) is 11.3 Å². The van der Waals surface area contributed by atoms with Crippen LogP contribution in [0.1, 0.15) is 40.6 Å². The second kappa shape index (κ2) is 9.67. The lowest BCUT2D eigenvalue weighted by molar-refractivity contribution is -0.137. The van der Waals surface area contributed by atoms with E-state index in [1.807, 2.05) is 44.2 Å². The third-order valence-corrected chi connectivity index (χ3v) is 6.77. The van der Waals surface area contributed by atoms with Crippen molar-refractivity contribution in [2.75, 3.05) is 5.32 Å². The summed E-state index contributed by atoms with van der Waals surface area (Å²) in [7, 11) is 0. The van der Waals surface area contributed by atoms with Gasteiger partial charge in [0.15, 0.2) is 5.13 Å². The van der Waals surface area contributed by atoms with Crippen molar-refractivity contribution in [3.63, 3.8) is 0 Å². The summed E-state index contributed by atoms with van der Waals surface area (Å²) in [4.78, 5) is 21.5. The normalized spacial score (nSPS) is 11.6. The van der Waals surface area contributed by atoms with Gasteiger partial charge in [-0.25, -0.2) is 14.8 Å². The molecule has 4 aromatic rings. The SMILES string of the molecule is CC(C)c1sc(Nc2ncc(-c3ccccc3)cc2C(=O)O)nc1-c1ccc(Cl)c(C(F)(F)F)c1. The average molecular weight is 518 g/mol. The van der Waals surface area contributed by atoms with Crippen molar-refractivity contribution >= 4 is 39.9 Å². The maximum Gasteiger partial charge on any atom is 0.417 e. The van der Waals surface area contributed by atoms with Gasteiger partial charge in [0.1, 0.15) is 11.4 Å². The summed E-state index contributed by atoms with van der Waals surface area (Å²) in [6, 6.07) is 14.4. The van der Waals surface area contributed by atoms with E-state index in [1.165, 1.54) is 29.5 Å². The molecule has 0 atom stereocenters. The summed E-state index contributed by atoms with van der Waals surface area (Å²) in [5.74, 6) is -1.14. The number of halogens is 4. The number of thiazole rings is 1. The van der Waals surface area contributed by atoms with Crippen LogP contribution in [0.15, 0.2) is 60.8 Å². The zero-order chi connectivity index (χ0) is 25.3. The van der Waals surface area contributed by atoms with Gasteiger partial charge in [-0.3, -0.25) is 0 Å². The molecule has 0 amide bonds. The lowest BCUT2D eigenvalue weighted by atomic mass is 10.0. The maximum atomic E-state index is 13.4. The van der Waals surface area contributed by atoms with Gasteiger partial charge in [-0.2, -0.15) is 13.2 Å². The highest BCUT2D eigenvalue weighted by atomic mass is 35.5. The number of alkyl halides is 3. The number of nitrogens with zero attached hydrogens (tertiary/aromatic N) is 2. The van der Waals surface area contributed by atoms with Crippen molar-refractivity contribution in [2.45, 2.75) is 25.9 Å². The van der Waals surface area contributed by atoms with Crippen LogP contribution < -0.4 is 5.32 Å². The number of carboxylic acids is 1. The standard InChI is InChI=1S/C25H19ClF3N3O2S/c1-13(2)21-20(15-8-9-19(26)18(11-15)25(27,28)29)31-24(35-21)32-22-17(23(33)34)10-16(12-30-22)14-6-4-3-5-7-14/h3-13H,1-2H3,(H,33,34)(H,30,31,32). The fourth-order valence-corrected chi connectivity index (χ4v) is 4.70. The molecule has 2 aromatic heterocycles. The number of benzene rings is 2. The van der Waals surface area contributed by atoms with Gasteiger partial charge >= 0.3 is 12.1 Å². The van der Waals surface area contributed by atoms with E-state index in [4.69, 9.17) is 11.6 Å². The Morgan fingerprint density at radius 2 is 1.77 bits per heavy atom. The summed E-state index contributed by atoms with van der Waals surface area (Å²) in [6.45, 7) is 3.80. The first-order valence-electron chi connectivity index (χ1n) is 10.5. The number of aromatic nitrogens is 2. The van der Waals surface area contributed by atoms with Crippen molar-refractivity contribution in [1.82, 2.24) is 9.97 Å². The second-order valence-electron chi connectivity index (χ2n) is 8.00. The van der Waals surface area contributed by atoms with E-state index >= 15 is 0 Å². The Balaban J connectivity index is 1.74. The van der Waals surface area contributed by atoms with E-state index in [-0.39, 0.29) is 22.9 Å². The maximum absolute atomic E-state index is 13.4. The number of rotatable bonds is 6. The molecule has 0 aliphatic heterocycles. The first-order chi connectivity index (χ1) is 16.5. The van der Waals surface area contributed by atoms with Gasteiger partial charge < -0.3 is 10.4 Å². The predicted octanol–water partition coefficient (Wildman–Crippen LogP) is 8.11. The quantitative estimate of drug-likeness (QED) is 0.270. The number of hydrogen-bond donors (Lipinski definition) is 2. The molecule has 180 valence electrons. The Hall–Kier alpha value is -3.43. The molecule has 2 aromatic carbocycles. The molecule has 35 heavy (non-hydrogen) atoms. The Bertz CT molecular complexity index is 1390. The highest BCUT2D eigenvalue weighted by Crippen LogP contribution is 2.41. The van der Waals surface area contributed by atoms with Crippen LogP contribution in [0.2, 0.25) is 5.02 Å². The van der Waals surface area contributed by atoms with Gasteiger partial charge in [0.25, 0.3) is 0 Å². The van der Waals surface area contributed by atoms with E-state index in [1.54, 1.807) is 6.20 Å². The van der Waals surface area contributed by atoms with Crippen LogP contribution in [0.25, 0.3) is 22.4 Å². The van der Waals surface area contributed by atoms with Crippen LogP contribution >= 0.6 is 22.9 Å². The van der Waals surface area contributed by atoms with Crippen molar-refractivity contribution in [2.24, 2.45) is 0 Å². The fraction of sp³-hybridized carbons (Fsp3) is 0.160. The van der Waals surface area contributed by atoms with Crippen molar-refractivity contribution in [1.29, 1.82) is 0 Å². The number of pyridine rings is 1.